The smallest absolute Gasteiger partial charge is 0.407 e. The van der Waals surface area contributed by atoms with E-state index < -0.39 is 11.7 Å². The molecule has 0 aromatic carbocycles. The molecule has 3 rings (SSSR count). The average Bonchev–Trinajstić information content (AvgIpc) is 3.03. The first-order chi connectivity index (χ1) is 14.1. The fourth-order valence-corrected chi connectivity index (χ4v) is 3.56. The maximum absolute atomic E-state index is 12.8. The van der Waals surface area contributed by atoms with Crippen LogP contribution in [0.25, 0.3) is 5.82 Å². The third kappa shape index (κ3) is 5.58. The van der Waals surface area contributed by atoms with Crippen molar-refractivity contribution < 1.29 is 14.3 Å². The number of aromatic nitrogens is 3. The Hall–Kier alpha value is -2.90. The summed E-state index contributed by atoms with van der Waals surface area (Å²) in [5.41, 5.74) is 2.00. The van der Waals surface area contributed by atoms with Gasteiger partial charge in [0.25, 0.3) is 5.91 Å². The van der Waals surface area contributed by atoms with Crippen LogP contribution >= 0.6 is 0 Å². The highest BCUT2D eigenvalue weighted by molar-refractivity contribution is 5.94. The van der Waals surface area contributed by atoms with Gasteiger partial charge < -0.3 is 15.0 Å². The van der Waals surface area contributed by atoms with Crippen molar-refractivity contribution in [3.8, 4) is 5.82 Å². The van der Waals surface area contributed by atoms with Gasteiger partial charge in [0, 0.05) is 31.5 Å². The Labute approximate surface area is 177 Å². The lowest BCUT2D eigenvalue weighted by Crippen LogP contribution is -2.42. The van der Waals surface area contributed by atoms with E-state index in [2.05, 4.69) is 15.4 Å². The van der Waals surface area contributed by atoms with E-state index in [1.54, 1.807) is 16.9 Å². The van der Waals surface area contributed by atoms with Gasteiger partial charge >= 0.3 is 6.09 Å². The maximum atomic E-state index is 12.8. The third-order valence-corrected chi connectivity index (χ3v) is 5.06. The van der Waals surface area contributed by atoms with Crippen molar-refractivity contribution in [1.82, 2.24) is 25.0 Å². The molecule has 1 fully saturated rings. The monoisotopic (exact) mass is 413 g/mol. The number of ether oxygens (including phenoxy) is 1. The second-order valence-corrected chi connectivity index (χ2v) is 8.86. The van der Waals surface area contributed by atoms with Gasteiger partial charge in [0.05, 0.1) is 11.3 Å². The highest BCUT2D eigenvalue weighted by Gasteiger charge is 2.25. The highest BCUT2D eigenvalue weighted by Crippen LogP contribution is 2.19. The van der Waals surface area contributed by atoms with Crippen LogP contribution in [-0.2, 0) is 4.74 Å². The molecular formula is C22H31N5O3. The standard InChI is InChI=1S/C22H31N5O3/c1-15-12-16(2)27(25-15)19-7-6-18(14-23-19)20(28)26-10-8-17(9-11-26)13-24-21(29)30-22(3,4)5/h6-7,12,14,17H,8-11,13H2,1-5H3,(H,24,29). The van der Waals surface area contributed by atoms with Crippen molar-refractivity contribution in [2.45, 2.75) is 53.1 Å². The predicted octanol–water partition coefficient (Wildman–Crippen LogP) is 3.26. The van der Waals surface area contributed by atoms with E-state index in [0.717, 1.165) is 24.2 Å². The lowest BCUT2D eigenvalue weighted by atomic mass is 9.96. The molecule has 1 aliphatic rings. The van der Waals surface area contributed by atoms with Crippen LogP contribution in [0.1, 0.15) is 55.4 Å². The van der Waals surface area contributed by atoms with E-state index in [-0.39, 0.29) is 5.91 Å². The first-order valence-corrected chi connectivity index (χ1v) is 10.4. The average molecular weight is 414 g/mol. The van der Waals surface area contributed by atoms with Crippen molar-refractivity contribution in [2.75, 3.05) is 19.6 Å². The topological polar surface area (TPSA) is 89.4 Å². The predicted molar refractivity (Wildman–Crippen MR) is 114 cm³/mol. The number of likely N-dealkylation sites (tertiary alicyclic amines) is 1. The van der Waals surface area contributed by atoms with E-state index in [4.69, 9.17) is 4.74 Å². The van der Waals surface area contributed by atoms with Gasteiger partial charge in [-0.3, -0.25) is 4.79 Å². The molecule has 8 heteroatoms. The molecule has 0 bridgehead atoms. The molecule has 1 saturated heterocycles. The van der Waals surface area contributed by atoms with Crippen LogP contribution in [0.15, 0.2) is 24.4 Å². The van der Waals surface area contributed by atoms with Crippen LogP contribution in [0, 0.1) is 19.8 Å². The summed E-state index contributed by atoms with van der Waals surface area (Å²) in [6, 6.07) is 5.62. The van der Waals surface area contributed by atoms with Crippen molar-refractivity contribution >= 4 is 12.0 Å². The van der Waals surface area contributed by atoms with E-state index in [1.165, 1.54) is 0 Å². The van der Waals surface area contributed by atoms with Crippen molar-refractivity contribution in [3.63, 3.8) is 0 Å². The van der Waals surface area contributed by atoms with Gasteiger partial charge in [0.15, 0.2) is 5.82 Å². The molecule has 2 amide bonds. The fourth-order valence-electron chi connectivity index (χ4n) is 3.56. The zero-order chi connectivity index (χ0) is 21.9. The van der Waals surface area contributed by atoms with Gasteiger partial charge in [0.2, 0.25) is 0 Å². The molecule has 30 heavy (non-hydrogen) atoms. The lowest BCUT2D eigenvalue weighted by Gasteiger charge is -2.32. The van der Waals surface area contributed by atoms with E-state index >= 15 is 0 Å². The molecule has 1 N–H and O–H groups in total. The Morgan fingerprint density at radius 2 is 1.90 bits per heavy atom. The lowest BCUT2D eigenvalue weighted by molar-refractivity contribution is 0.0500. The van der Waals surface area contributed by atoms with Crippen molar-refractivity contribution in [3.05, 3.63) is 41.3 Å². The molecule has 2 aromatic rings. The molecular weight excluding hydrogens is 382 g/mol. The molecule has 162 valence electrons. The van der Waals surface area contributed by atoms with Crippen LogP contribution in [0.5, 0.6) is 0 Å². The third-order valence-electron chi connectivity index (χ3n) is 5.06. The van der Waals surface area contributed by atoms with Crippen LogP contribution in [0.4, 0.5) is 4.79 Å². The molecule has 8 nitrogen and oxygen atoms in total. The summed E-state index contributed by atoms with van der Waals surface area (Å²) in [6.07, 6.45) is 2.91. The second-order valence-electron chi connectivity index (χ2n) is 8.86. The van der Waals surface area contributed by atoms with E-state index in [0.29, 0.717) is 36.9 Å². The number of amides is 2. The van der Waals surface area contributed by atoms with Crippen LogP contribution in [0.2, 0.25) is 0 Å². The van der Waals surface area contributed by atoms with Gasteiger partial charge in [-0.15, -0.1) is 0 Å². The summed E-state index contributed by atoms with van der Waals surface area (Å²) in [5.74, 6) is 1.03. The van der Waals surface area contributed by atoms with E-state index in [1.807, 2.05) is 51.7 Å². The normalized spacial score (nSPS) is 15.2. The number of carbonyl (C=O) groups excluding carboxylic acids is 2. The van der Waals surface area contributed by atoms with Crippen LogP contribution in [0.3, 0.4) is 0 Å². The van der Waals surface area contributed by atoms with Crippen LogP contribution < -0.4 is 5.32 Å². The minimum absolute atomic E-state index is 0.0130. The number of aryl methyl sites for hydroxylation is 2. The number of alkyl carbamates (subject to hydrolysis) is 1. The molecule has 0 radical (unpaired) electrons. The quantitative estimate of drug-likeness (QED) is 0.831. The number of nitrogens with one attached hydrogen (secondary N) is 1. The molecule has 0 atom stereocenters. The number of nitrogens with zero attached hydrogens (tertiary/aromatic N) is 4. The Balaban J connectivity index is 1.50. The fraction of sp³-hybridized carbons (Fsp3) is 0.545. The molecule has 0 saturated carbocycles. The zero-order valence-electron chi connectivity index (χ0n) is 18.4. The molecule has 1 aliphatic heterocycles. The molecule has 3 heterocycles. The van der Waals surface area contributed by atoms with Gasteiger partial charge in [0.1, 0.15) is 5.60 Å². The Morgan fingerprint density at radius 1 is 1.20 bits per heavy atom. The molecule has 0 spiro atoms. The number of carbonyl (C=O) groups is 2. The van der Waals surface area contributed by atoms with Gasteiger partial charge in [-0.25, -0.2) is 14.5 Å². The minimum Gasteiger partial charge on any atom is -0.444 e. The number of piperidine rings is 1. The number of hydrogen-bond donors (Lipinski definition) is 1. The number of hydrogen-bond acceptors (Lipinski definition) is 5. The Kier molecular flexibility index (Phi) is 6.43. The molecule has 0 aliphatic carbocycles. The minimum atomic E-state index is -0.502. The Bertz CT molecular complexity index is 890. The van der Waals surface area contributed by atoms with Crippen LogP contribution in [-0.4, -0.2) is 56.9 Å². The van der Waals surface area contributed by atoms with Gasteiger partial charge in [-0.2, -0.15) is 5.10 Å². The summed E-state index contributed by atoms with van der Waals surface area (Å²) in [7, 11) is 0. The largest absolute Gasteiger partial charge is 0.444 e. The van der Waals surface area contributed by atoms with Crippen molar-refractivity contribution in [2.24, 2.45) is 5.92 Å². The van der Waals surface area contributed by atoms with Crippen molar-refractivity contribution in [1.29, 1.82) is 0 Å². The molecule has 0 unspecified atom stereocenters. The first kappa shape index (κ1) is 21.8. The number of pyridine rings is 1. The van der Waals surface area contributed by atoms with Gasteiger partial charge in [-0.1, -0.05) is 0 Å². The highest BCUT2D eigenvalue weighted by atomic mass is 16.6. The van der Waals surface area contributed by atoms with E-state index in [9.17, 15) is 9.59 Å². The summed E-state index contributed by atoms with van der Waals surface area (Å²) in [4.78, 5) is 30.9. The van der Waals surface area contributed by atoms with Gasteiger partial charge in [-0.05, 0) is 71.6 Å². The zero-order valence-corrected chi connectivity index (χ0v) is 18.4. The first-order valence-electron chi connectivity index (χ1n) is 10.4. The Morgan fingerprint density at radius 3 is 2.43 bits per heavy atom. The summed E-state index contributed by atoms with van der Waals surface area (Å²) in [5, 5.41) is 7.25. The second kappa shape index (κ2) is 8.85. The number of rotatable bonds is 4. The summed E-state index contributed by atoms with van der Waals surface area (Å²) >= 11 is 0. The molecule has 2 aromatic heterocycles. The SMILES string of the molecule is Cc1cc(C)n(-c2ccc(C(=O)N3CCC(CNC(=O)OC(C)(C)C)CC3)cn2)n1. The summed E-state index contributed by atoms with van der Waals surface area (Å²) < 4.78 is 7.04. The summed E-state index contributed by atoms with van der Waals surface area (Å²) in [6.45, 7) is 11.3. The maximum Gasteiger partial charge on any atom is 0.407 e.